The van der Waals surface area contributed by atoms with E-state index in [1.165, 1.54) is 22.3 Å². The molecule has 0 nitrogen and oxygen atoms in total. The van der Waals surface area contributed by atoms with Gasteiger partial charge in [-0.15, -0.1) is 0 Å². The van der Waals surface area contributed by atoms with E-state index in [1.54, 1.807) is 0 Å². The minimum atomic E-state index is 0.406. The summed E-state index contributed by atoms with van der Waals surface area (Å²) < 4.78 is 0. The van der Waals surface area contributed by atoms with Crippen molar-refractivity contribution in [2.75, 3.05) is 0 Å². The Morgan fingerprint density at radius 1 is 0.682 bits per heavy atom. The zero-order valence-corrected chi connectivity index (χ0v) is 12.9. The fourth-order valence-corrected chi connectivity index (χ4v) is 2.79. The molecule has 3 rings (SSSR count). The average molecular weight is 285 g/mol. The quantitative estimate of drug-likeness (QED) is 0.558. The Labute approximate surface area is 133 Å². The number of rotatable bonds is 5. The Kier molecular flexibility index (Phi) is 4.70. The molecule has 0 N–H and O–H groups in total. The molecule has 0 aromatic heterocycles. The summed E-state index contributed by atoms with van der Waals surface area (Å²) in [6, 6.07) is 30.3. The van der Waals surface area contributed by atoms with Crippen molar-refractivity contribution in [2.24, 2.45) is 0 Å². The van der Waals surface area contributed by atoms with Crippen molar-refractivity contribution in [1.29, 1.82) is 0 Å². The Morgan fingerprint density at radius 3 is 1.68 bits per heavy atom. The van der Waals surface area contributed by atoms with Crippen molar-refractivity contribution in [3.63, 3.8) is 0 Å². The van der Waals surface area contributed by atoms with E-state index >= 15 is 0 Å². The summed E-state index contributed by atoms with van der Waals surface area (Å²) in [5.74, 6) is 0.406. The molecule has 0 aliphatic rings. The van der Waals surface area contributed by atoms with Gasteiger partial charge in [-0.2, -0.15) is 0 Å². The molecular weight excluding hydrogens is 264 g/mol. The van der Waals surface area contributed by atoms with Crippen LogP contribution in [0.4, 0.5) is 0 Å². The van der Waals surface area contributed by atoms with E-state index in [-0.39, 0.29) is 0 Å². The highest BCUT2D eigenvalue weighted by atomic mass is 14.2. The van der Waals surface area contributed by atoms with Crippen LogP contribution in [0.5, 0.6) is 0 Å². The number of hydrogen-bond donors (Lipinski definition) is 0. The van der Waals surface area contributed by atoms with E-state index in [4.69, 9.17) is 0 Å². The third kappa shape index (κ3) is 3.65. The van der Waals surface area contributed by atoms with E-state index in [1.807, 2.05) is 0 Å². The fourth-order valence-electron chi connectivity index (χ4n) is 2.79. The second-order valence-corrected chi connectivity index (χ2v) is 5.72. The maximum Gasteiger partial charge on any atom is 0.00953 e. The van der Waals surface area contributed by atoms with Crippen LogP contribution in [0.15, 0.2) is 84.9 Å². The van der Waals surface area contributed by atoms with Crippen LogP contribution in [0.1, 0.15) is 34.6 Å². The summed E-state index contributed by atoms with van der Waals surface area (Å²) in [6.07, 6.45) is 3.35. The second-order valence-electron chi connectivity index (χ2n) is 5.72. The van der Waals surface area contributed by atoms with E-state index in [0.717, 1.165) is 6.42 Å². The SMILES string of the molecule is Cc1ccc([CH]CC(c2ccccc2)c2ccccc2)cc1. The Bertz CT molecular complexity index is 642. The van der Waals surface area contributed by atoms with Gasteiger partial charge in [-0.3, -0.25) is 0 Å². The summed E-state index contributed by atoms with van der Waals surface area (Å²) in [5, 5.41) is 0. The summed E-state index contributed by atoms with van der Waals surface area (Å²) in [6.45, 7) is 2.13. The highest BCUT2D eigenvalue weighted by Gasteiger charge is 2.13. The molecule has 0 heteroatoms. The molecule has 0 bridgehead atoms. The molecule has 0 saturated heterocycles. The molecule has 0 heterocycles. The summed E-state index contributed by atoms with van der Waals surface area (Å²) in [5.41, 5.74) is 5.34. The molecular formula is C22H21. The predicted octanol–water partition coefficient (Wildman–Crippen LogP) is 5.77. The van der Waals surface area contributed by atoms with Crippen LogP contribution in [0, 0.1) is 13.3 Å². The number of hydrogen-bond acceptors (Lipinski definition) is 0. The van der Waals surface area contributed by atoms with Crippen molar-refractivity contribution in [3.8, 4) is 0 Å². The predicted molar refractivity (Wildman–Crippen MR) is 93.9 cm³/mol. The molecule has 0 unspecified atom stereocenters. The van der Waals surface area contributed by atoms with Crippen molar-refractivity contribution in [1.82, 2.24) is 0 Å². The molecule has 0 spiro atoms. The van der Waals surface area contributed by atoms with Crippen LogP contribution < -0.4 is 0 Å². The van der Waals surface area contributed by atoms with Crippen LogP contribution in [0.3, 0.4) is 0 Å². The molecule has 109 valence electrons. The van der Waals surface area contributed by atoms with Crippen LogP contribution >= 0.6 is 0 Å². The monoisotopic (exact) mass is 285 g/mol. The fraction of sp³-hybridized carbons (Fsp3) is 0.136. The first-order valence-corrected chi connectivity index (χ1v) is 7.83. The lowest BCUT2D eigenvalue weighted by atomic mass is 9.86. The molecule has 0 amide bonds. The van der Waals surface area contributed by atoms with Gasteiger partial charge in [-0.1, -0.05) is 90.5 Å². The molecule has 3 aromatic rings. The molecule has 1 radical (unpaired) electrons. The maximum absolute atomic E-state index is 2.34. The lowest BCUT2D eigenvalue weighted by Gasteiger charge is -2.18. The van der Waals surface area contributed by atoms with Crippen molar-refractivity contribution >= 4 is 0 Å². The summed E-state index contributed by atoms with van der Waals surface area (Å²) >= 11 is 0. The highest BCUT2D eigenvalue weighted by molar-refractivity contribution is 5.35. The first-order valence-electron chi connectivity index (χ1n) is 7.83. The zero-order valence-electron chi connectivity index (χ0n) is 12.9. The van der Waals surface area contributed by atoms with Crippen LogP contribution in [0.25, 0.3) is 0 Å². The van der Waals surface area contributed by atoms with Crippen LogP contribution in [0.2, 0.25) is 0 Å². The summed E-state index contributed by atoms with van der Waals surface area (Å²) in [4.78, 5) is 0. The normalized spacial score (nSPS) is 10.8. The van der Waals surface area contributed by atoms with Gasteiger partial charge in [0.1, 0.15) is 0 Å². The standard InChI is InChI=1S/C22H21/c1-18-12-14-19(15-13-18)16-17-22(20-8-4-2-5-9-20)21-10-6-3-7-11-21/h2-16,22H,17H2,1H3. The van der Waals surface area contributed by atoms with Gasteiger partial charge in [0.15, 0.2) is 0 Å². The maximum atomic E-state index is 2.34. The van der Waals surface area contributed by atoms with Crippen LogP contribution in [-0.2, 0) is 0 Å². The number of benzene rings is 3. The Hall–Kier alpha value is -2.34. The van der Waals surface area contributed by atoms with Crippen molar-refractivity contribution in [2.45, 2.75) is 19.3 Å². The third-order valence-electron chi connectivity index (χ3n) is 4.07. The van der Waals surface area contributed by atoms with E-state index in [0.29, 0.717) is 5.92 Å². The minimum absolute atomic E-state index is 0.406. The Morgan fingerprint density at radius 2 is 1.18 bits per heavy atom. The van der Waals surface area contributed by atoms with Gasteiger partial charge in [-0.05, 0) is 36.5 Å². The second kappa shape index (κ2) is 7.09. The van der Waals surface area contributed by atoms with E-state index < -0.39 is 0 Å². The van der Waals surface area contributed by atoms with Crippen molar-refractivity contribution in [3.05, 3.63) is 114 Å². The molecule has 0 fully saturated rings. The third-order valence-corrected chi connectivity index (χ3v) is 4.07. The van der Waals surface area contributed by atoms with Gasteiger partial charge in [0.05, 0.1) is 0 Å². The first kappa shape index (κ1) is 14.6. The largest absolute Gasteiger partial charge is 0.0622 e. The summed E-state index contributed by atoms with van der Waals surface area (Å²) in [7, 11) is 0. The highest BCUT2D eigenvalue weighted by Crippen LogP contribution is 2.30. The number of aryl methyl sites for hydroxylation is 1. The van der Waals surface area contributed by atoms with Gasteiger partial charge < -0.3 is 0 Å². The van der Waals surface area contributed by atoms with E-state index in [9.17, 15) is 0 Å². The molecule has 0 saturated carbocycles. The minimum Gasteiger partial charge on any atom is -0.0622 e. The van der Waals surface area contributed by atoms with Crippen molar-refractivity contribution < 1.29 is 0 Å². The molecule has 0 aliphatic carbocycles. The smallest absolute Gasteiger partial charge is 0.00953 e. The topological polar surface area (TPSA) is 0 Å². The molecule has 22 heavy (non-hydrogen) atoms. The van der Waals surface area contributed by atoms with E-state index in [2.05, 4.69) is 98.3 Å². The molecule has 3 aromatic carbocycles. The van der Waals surface area contributed by atoms with Gasteiger partial charge in [0, 0.05) is 5.92 Å². The molecule has 0 atom stereocenters. The Balaban J connectivity index is 1.81. The lowest BCUT2D eigenvalue weighted by Crippen LogP contribution is -2.02. The average Bonchev–Trinajstić information content (AvgIpc) is 2.59. The molecule has 0 aliphatic heterocycles. The lowest BCUT2D eigenvalue weighted by molar-refractivity contribution is 0.800. The van der Waals surface area contributed by atoms with Gasteiger partial charge in [0.2, 0.25) is 0 Å². The first-order chi connectivity index (χ1) is 10.8. The van der Waals surface area contributed by atoms with Gasteiger partial charge in [-0.25, -0.2) is 0 Å². The van der Waals surface area contributed by atoms with Crippen LogP contribution in [-0.4, -0.2) is 0 Å². The zero-order chi connectivity index (χ0) is 15.2. The van der Waals surface area contributed by atoms with Gasteiger partial charge in [0.25, 0.3) is 0 Å². The van der Waals surface area contributed by atoms with Gasteiger partial charge >= 0.3 is 0 Å².